The monoisotopic (exact) mass is 490 g/mol. The summed E-state index contributed by atoms with van der Waals surface area (Å²) >= 11 is 6.20. The van der Waals surface area contributed by atoms with Gasteiger partial charge in [-0.25, -0.2) is 8.42 Å². The van der Waals surface area contributed by atoms with E-state index in [0.717, 1.165) is 16.7 Å². The Labute approximate surface area is 200 Å². The summed E-state index contributed by atoms with van der Waals surface area (Å²) in [6, 6.07) is 22.1. The summed E-state index contributed by atoms with van der Waals surface area (Å²) in [6.07, 6.45) is 2.97. The maximum Gasteiger partial charge on any atom is 0.300 e. The van der Waals surface area contributed by atoms with E-state index < -0.39 is 15.4 Å². The molecule has 34 heavy (non-hydrogen) atoms. The average Bonchev–Trinajstić information content (AvgIpc) is 3.28. The molecule has 2 heterocycles. The van der Waals surface area contributed by atoms with Crippen molar-refractivity contribution < 1.29 is 8.42 Å². The highest BCUT2D eigenvalue weighted by molar-refractivity contribution is 7.90. The Morgan fingerprint density at radius 1 is 0.882 bits per heavy atom. The van der Waals surface area contributed by atoms with Crippen LogP contribution in [0.3, 0.4) is 0 Å². The van der Waals surface area contributed by atoms with Crippen molar-refractivity contribution in [3.05, 3.63) is 112 Å². The van der Waals surface area contributed by atoms with E-state index in [1.54, 1.807) is 37.3 Å². The number of aromatic nitrogens is 4. The maximum absolute atomic E-state index is 13.4. The van der Waals surface area contributed by atoms with Crippen LogP contribution in [0.25, 0.3) is 22.5 Å². The average molecular weight is 491 g/mol. The first-order valence-electron chi connectivity index (χ1n) is 10.4. The van der Waals surface area contributed by atoms with Crippen molar-refractivity contribution in [3.63, 3.8) is 0 Å². The fraction of sp³-hybridized carbons (Fsp3) is 0.0800. The Morgan fingerprint density at radius 3 is 2.41 bits per heavy atom. The minimum Gasteiger partial charge on any atom is -0.279 e. The van der Waals surface area contributed by atoms with Crippen molar-refractivity contribution in [1.29, 1.82) is 0 Å². The van der Waals surface area contributed by atoms with Crippen LogP contribution in [0.15, 0.2) is 95.1 Å². The Bertz CT molecular complexity index is 1690. The summed E-state index contributed by atoms with van der Waals surface area (Å²) in [5, 5.41) is 8.04. The second kappa shape index (κ2) is 8.55. The molecule has 170 valence electrons. The van der Waals surface area contributed by atoms with E-state index in [1.165, 1.54) is 21.4 Å². The number of rotatable bonds is 5. The second-order valence-electron chi connectivity index (χ2n) is 7.82. The van der Waals surface area contributed by atoms with Crippen molar-refractivity contribution in [3.8, 4) is 16.8 Å². The molecular formula is C25H19ClN4O3S. The summed E-state index contributed by atoms with van der Waals surface area (Å²) in [5.74, 6) is -0.282. The Morgan fingerprint density at radius 2 is 1.62 bits per heavy atom. The van der Waals surface area contributed by atoms with E-state index >= 15 is 0 Å². The van der Waals surface area contributed by atoms with Crippen LogP contribution >= 0.6 is 11.6 Å². The third kappa shape index (κ3) is 3.81. The zero-order valence-electron chi connectivity index (χ0n) is 18.1. The molecule has 9 heteroatoms. The molecule has 3 aromatic carbocycles. The molecule has 0 bridgehead atoms. The minimum atomic E-state index is -3.92. The normalized spacial score (nSPS) is 11.7. The molecule has 0 aliphatic rings. The largest absolute Gasteiger partial charge is 0.300 e. The first kappa shape index (κ1) is 22.1. The predicted octanol–water partition coefficient (Wildman–Crippen LogP) is 4.48. The van der Waals surface area contributed by atoms with Gasteiger partial charge < -0.3 is 0 Å². The van der Waals surface area contributed by atoms with Gasteiger partial charge in [0.05, 0.1) is 11.4 Å². The van der Waals surface area contributed by atoms with Crippen LogP contribution in [0.4, 0.5) is 0 Å². The molecule has 0 radical (unpaired) electrons. The van der Waals surface area contributed by atoms with Crippen molar-refractivity contribution in [1.82, 2.24) is 19.2 Å². The van der Waals surface area contributed by atoms with Gasteiger partial charge in [0.2, 0.25) is 15.5 Å². The summed E-state index contributed by atoms with van der Waals surface area (Å²) in [7, 11) is -3.92. The highest BCUT2D eigenvalue weighted by Gasteiger charge is 2.25. The summed E-state index contributed by atoms with van der Waals surface area (Å²) in [4.78, 5) is 13.1. The van der Waals surface area contributed by atoms with Gasteiger partial charge in [0, 0.05) is 17.4 Å². The number of fused-ring (bicyclic) bond motifs is 1. The molecule has 0 aliphatic carbocycles. The SMILES string of the molecule is Cc1c(Cl)cccc1-n1ccn2c(S(=O)(=O)Cc3ccccc3-c3ccccc3)nnc2c1=O. The lowest BCUT2D eigenvalue weighted by Crippen LogP contribution is -2.21. The van der Waals surface area contributed by atoms with E-state index in [1.807, 2.05) is 42.5 Å². The zero-order valence-corrected chi connectivity index (χ0v) is 19.7. The molecular weight excluding hydrogens is 472 g/mol. The summed E-state index contributed by atoms with van der Waals surface area (Å²) in [5.41, 5.74) is 3.10. The van der Waals surface area contributed by atoms with Crippen molar-refractivity contribution in [2.75, 3.05) is 0 Å². The molecule has 0 unspecified atom stereocenters. The number of halogens is 1. The van der Waals surface area contributed by atoms with E-state index in [0.29, 0.717) is 16.3 Å². The lowest BCUT2D eigenvalue weighted by molar-refractivity contribution is 0.584. The Hall–Kier alpha value is -3.75. The molecule has 0 atom stereocenters. The Balaban J connectivity index is 1.58. The topological polar surface area (TPSA) is 86.3 Å². The molecule has 0 spiro atoms. The fourth-order valence-corrected chi connectivity index (χ4v) is 5.51. The first-order chi connectivity index (χ1) is 16.4. The van der Waals surface area contributed by atoms with Gasteiger partial charge in [-0.3, -0.25) is 13.8 Å². The van der Waals surface area contributed by atoms with Gasteiger partial charge >= 0.3 is 5.56 Å². The second-order valence-corrected chi connectivity index (χ2v) is 10.1. The lowest BCUT2D eigenvalue weighted by Gasteiger charge is -2.11. The van der Waals surface area contributed by atoms with Gasteiger partial charge in [0.25, 0.3) is 5.16 Å². The van der Waals surface area contributed by atoms with Gasteiger partial charge in [-0.15, -0.1) is 10.2 Å². The van der Waals surface area contributed by atoms with Crippen molar-refractivity contribution in [2.24, 2.45) is 0 Å². The van der Waals surface area contributed by atoms with Crippen LogP contribution in [0.2, 0.25) is 5.02 Å². The van der Waals surface area contributed by atoms with Crippen LogP contribution in [0.5, 0.6) is 0 Å². The zero-order chi connectivity index (χ0) is 23.9. The molecule has 0 N–H and O–H groups in total. The van der Waals surface area contributed by atoms with Crippen LogP contribution in [0, 0.1) is 6.92 Å². The molecule has 5 aromatic rings. The van der Waals surface area contributed by atoms with E-state index in [9.17, 15) is 13.2 Å². The number of benzene rings is 3. The van der Waals surface area contributed by atoms with Gasteiger partial charge in [0.15, 0.2) is 0 Å². The van der Waals surface area contributed by atoms with E-state index in [2.05, 4.69) is 10.2 Å². The number of hydrogen-bond acceptors (Lipinski definition) is 5. The molecule has 0 fully saturated rings. The minimum absolute atomic E-state index is 0.0863. The van der Waals surface area contributed by atoms with Crippen LogP contribution in [-0.4, -0.2) is 27.6 Å². The predicted molar refractivity (Wildman–Crippen MR) is 131 cm³/mol. The summed E-state index contributed by atoms with van der Waals surface area (Å²) < 4.78 is 29.4. The highest BCUT2D eigenvalue weighted by atomic mass is 35.5. The van der Waals surface area contributed by atoms with Crippen LogP contribution < -0.4 is 5.56 Å². The fourth-order valence-electron chi connectivity index (χ4n) is 3.94. The van der Waals surface area contributed by atoms with E-state index in [-0.39, 0.29) is 16.6 Å². The highest BCUT2D eigenvalue weighted by Crippen LogP contribution is 2.27. The summed E-state index contributed by atoms with van der Waals surface area (Å²) in [6.45, 7) is 1.80. The van der Waals surface area contributed by atoms with E-state index in [4.69, 9.17) is 11.6 Å². The van der Waals surface area contributed by atoms with Gasteiger partial charge in [-0.2, -0.15) is 0 Å². The third-order valence-corrected chi connectivity index (χ3v) is 7.60. The van der Waals surface area contributed by atoms with Crippen LogP contribution in [0.1, 0.15) is 11.1 Å². The maximum atomic E-state index is 13.4. The standard InChI is InChI=1S/C25H19ClN4O3S/c1-17-21(26)12-7-13-22(17)29-14-15-30-23(24(29)31)27-28-25(30)34(32,33)16-19-10-5-6-11-20(19)18-8-3-2-4-9-18/h2-15H,16H2,1H3. The lowest BCUT2D eigenvalue weighted by atomic mass is 10.0. The molecule has 5 rings (SSSR count). The molecule has 2 aromatic heterocycles. The van der Waals surface area contributed by atoms with Crippen LogP contribution in [-0.2, 0) is 15.6 Å². The Kier molecular flexibility index (Phi) is 5.55. The molecule has 0 saturated carbocycles. The van der Waals surface area contributed by atoms with Gasteiger partial charge in [-0.1, -0.05) is 72.3 Å². The third-order valence-electron chi connectivity index (χ3n) is 5.66. The van der Waals surface area contributed by atoms with Crippen molar-refractivity contribution >= 4 is 27.1 Å². The number of nitrogens with zero attached hydrogens (tertiary/aromatic N) is 4. The molecule has 0 saturated heterocycles. The number of sulfone groups is 1. The van der Waals surface area contributed by atoms with Crippen molar-refractivity contribution in [2.45, 2.75) is 17.8 Å². The molecule has 0 amide bonds. The first-order valence-corrected chi connectivity index (χ1v) is 12.5. The molecule has 7 nitrogen and oxygen atoms in total. The van der Waals surface area contributed by atoms with Gasteiger partial charge in [0.1, 0.15) is 0 Å². The quantitative estimate of drug-likeness (QED) is 0.362. The van der Waals surface area contributed by atoms with Gasteiger partial charge in [-0.05, 0) is 41.3 Å². The molecule has 0 aliphatic heterocycles. The number of hydrogen-bond donors (Lipinski definition) is 0. The smallest absolute Gasteiger partial charge is 0.279 e.